The van der Waals surface area contributed by atoms with E-state index in [2.05, 4.69) is 10.2 Å². The molecule has 1 unspecified atom stereocenters. The molecular formula is C8H9ClN2O2S. The average molecular weight is 233 g/mol. The molecule has 76 valence electrons. The Hall–Kier alpha value is -0.680. The summed E-state index contributed by atoms with van der Waals surface area (Å²) in [5, 5.41) is 7.37. The first kappa shape index (κ1) is 9.86. The molecular weight excluding hydrogens is 224 g/mol. The quantitative estimate of drug-likeness (QED) is 0.734. The number of nitrogens with zero attached hydrogens (tertiary/aromatic N) is 2. The maximum Gasteiger partial charge on any atom is 0.158 e. The Kier molecular flexibility index (Phi) is 2.45. The number of hydrogen-bond donors (Lipinski definition) is 0. The molecule has 0 radical (unpaired) electrons. The van der Waals surface area contributed by atoms with Crippen molar-refractivity contribution < 1.29 is 8.42 Å². The molecule has 1 aromatic rings. The number of aromatic nitrogens is 2. The molecule has 2 heterocycles. The van der Waals surface area contributed by atoms with Crippen LogP contribution in [0.2, 0.25) is 5.02 Å². The van der Waals surface area contributed by atoms with Crippen LogP contribution in [0, 0.1) is 0 Å². The fraction of sp³-hybridized carbons (Fsp3) is 0.500. The number of sulfone groups is 1. The van der Waals surface area contributed by atoms with Gasteiger partial charge >= 0.3 is 0 Å². The smallest absolute Gasteiger partial charge is 0.158 e. The molecule has 6 heteroatoms. The Bertz CT molecular complexity index is 446. The Morgan fingerprint density at radius 3 is 2.86 bits per heavy atom. The lowest BCUT2D eigenvalue weighted by molar-refractivity contribution is 0.590. The van der Waals surface area contributed by atoms with E-state index in [9.17, 15) is 8.42 Å². The Morgan fingerprint density at radius 2 is 2.29 bits per heavy atom. The minimum Gasteiger partial charge on any atom is -0.228 e. The van der Waals surface area contributed by atoms with E-state index in [0.717, 1.165) is 0 Å². The monoisotopic (exact) mass is 232 g/mol. The number of hydrogen-bond acceptors (Lipinski definition) is 4. The van der Waals surface area contributed by atoms with Gasteiger partial charge in [0.15, 0.2) is 9.84 Å². The summed E-state index contributed by atoms with van der Waals surface area (Å²) >= 11 is 5.72. The summed E-state index contributed by atoms with van der Waals surface area (Å²) in [5.41, 5.74) is 0.468. The van der Waals surface area contributed by atoms with Crippen molar-refractivity contribution in [2.45, 2.75) is 18.1 Å². The molecule has 1 aliphatic heterocycles. The first-order chi connectivity index (χ1) is 6.59. The van der Waals surface area contributed by atoms with E-state index in [1.54, 1.807) is 6.07 Å². The van der Waals surface area contributed by atoms with Gasteiger partial charge < -0.3 is 0 Å². The fourth-order valence-electron chi connectivity index (χ4n) is 1.64. The van der Waals surface area contributed by atoms with Crippen molar-refractivity contribution in [3.8, 4) is 0 Å². The standard InChI is InChI=1S/C8H9ClN2O2S/c9-6-4-7(11-10-5-6)8-2-1-3-14(8,12)13/h4-5,8H,1-3H2. The Labute approximate surface area is 87.2 Å². The van der Waals surface area contributed by atoms with Crippen LogP contribution in [0.4, 0.5) is 0 Å². The highest BCUT2D eigenvalue weighted by atomic mass is 35.5. The second-order valence-corrected chi connectivity index (χ2v) is 6.04. The van der Waals surface area contributed by atoms with Crippen molar-refractivity contribution in [3.05, 3.63) is 23.0 Å². The van der Waals surface area contributed by atoms with E-state index in [1.807, 2.05) is 0 Å². The molecule has 0 N–H and O–H groups in total. The number of rotatable bonds is 1. The van der Waals surface area contributed by atoms with Crippen LogP contribution < -0.4 is 0 Å². The highest BCUT2D eigenvalue weighted by molar-refractivity contribution is 7.91. The van der Waals surface area contributed by atoms with Gasteiger partial charge in [-0.3, -0.25) is 0 Å². The van der Waals surface area contributed by atoms with Crippen LogP contribution in [0.15, 0.2) is 12.3 Å². The predicted octanol–water partition coefficient (Wildman–Crippen LogP) is 1.38. The molecule has 0 amide bonds. The van der Waals surface area contributed by atoms with Crippen LogP contribution in [0.25, 0.3) is 0 Å². The fourth-order valence-corrected chi connectivity index (χ4v) is 3.66. The molecule has 0 saturated carbocycles. The van der Waals surface area contributed by atoms with Gasteiger partial charge in [0, 0.05) is 0 Å². The third-order valence-electron chi connectivity index (χ3n) is 2.30. The third-order valence-corrected chi connectivity index (χ3v) is 4.71. The SMILES string of the molecule is O=S1(=O)CCCC1c1cc(Cl)cnn1. The van der Waals surface area contributed by atoms with E-state index >= 15 is 0 Å². The normalized spacial score (nSPS) is 25.1. The highest BCUT2D eigenvalue weighted by Gasteiger charge is 2.33. The van der Waals surface area contributed by atoms with Crippen molar-refractivity contribution in [1.82, 2.24) is 10.2 Å². The van der Waals surface area contributed by atoms with E-state index < -0.39 is 15.1 Å². The summed E-state index contributed by atoms with van der Waals surface area (Å²) in [4.78, 5) is 0. The summed E-state index contributed by atoms with van der Waals surface area (Å²) in [6.07, 6.45) is 2.71. The maximum atomic E-state index is 11.6. The summed E-state index contributed by atoms with van der Waals surface area (Å²) < 4.78 is 23.1. The van der Waals surface area contributed by atoms with Gasteiger partial charge in [-0.15, -0.1) is 0 Å². The largest absolute Gasteiger partial charge is 0.228 e. The molecule has 14 heavy (non-hydrogen) atoms. The van der Waals surface area contributed by atoms with Crippen LogP contribution in [-0.4, -0.2) is 24.4 Å². The maximum absolute atomic E-state index is 11.6. The minimum atomic E-state index is -3.02. The lowest BCUT2D eigenvalue weighted by Crippen LogP contribution is -2.10. The molecule has 1 aliphatic rings. The minimum absolute atomic E-state index is 0.242. The van der Waals surface area contributed by atoms with E-state index in [4.69, 9.17) is 11.6 Å². The molecule has 0 aliphatic carbocycles. The van der Waals surface area contributed by atoms with Crippen LogP contribution >= 0.6 is 11.6 Å². The van der Waals surface area contributed by atoms with E-state index in [-0.39, 0.29) is 5.75 Å². The molecule has 1 atom stereocenters. The van der Waals surface area contributed by atoms with E-state index in [0.29, 0.717) is 23.6 Å². The zero-order chi connectivity index (χ0) is 10.2. The van der Waals surface area contributed by atoms with E-state index in [1.165, 1.54) is 6.20 Å². The molecule has 0 aromatic carbocycles. The average Bonchev–Trinajstić information content (AvgIpc) is 2.45. The molecule has 0 spiro atoms. The van der Waals surface area contributed by atoms with Gasteiger partial charge in [-0.1, -0.05) is 11.6 Å². The summed E-state index contributed by atoms with van der Waals surface area (Å²) in [6, 6.07) is 1.57. The van der Waals surface area contributed by atoms with Crippen molar-refractivity contribution in [3.63, 3.8) is 0 Å². The molecule has 0 bridgehead atoms. The highest BCUT2D eigenvalue weighted by Crippen LogP contribution is 2.33. The Balaban J connectivity index is 2.41. The van der Waals surface area contributed by atoms with Gasteiger partial charge in [0.25, 0.3) is 0 Å². The molecule has 1 fully saturated rings. The van der Waals surface area contributed by atoms with Crippen molar-refractivity contribution >= 4 is 21.4 Å². The molecule has 2 rings (SSSR count). The van der Waals surface area contributed by atoms with Crippen LogP contribution in [0.1, 0.15) is 23.8 Å². The molecule has 1 saturated heterocycles. The lowest BCUT2D eigenvalue weighted by Gasteiger charge is -2.06. The van der Waals surface area contributed by atoms with Crippen LogP contribution in [-0.2, 0) is 9.84 Å². The van der Waals surface area contributed by atoms with Gasteiger partial charge in [-0.2, -0.15) is 10.2 Å². The van der Waals surface area contributed by atoms with Gasteiger partial charge in [0.05, 0.1) is 22.7 Å². The Morgan fingerprint density at radius 1 is 1.50 bits per heavy atom. The van der Waals surface area contributed by atoms with Crippen LogP contribution in [0.3, 0.4) is 0 Å². The zero-order valence-electron chi connectivity index (χ0n) is 7.35. The van der Waals surface area contributed by atoms with Gasteiger partial charge in [-0.25, -0.2) is 8.42 Å². The first-order valence-corrected chi connectivity index (χ1v) is 6.38. The number of halogens is 1. The lowest BCUT2D eigenvalue weighted by atomic mass is 10.2. The second-order valence-electron chi connectivity index (χ2n) is 3.30. The van der Waals surface area contributed by atoms with Crippen molar-refractivity contribution in [2.24, 2.45) is 0 Å². The topological polar surface area (TPSA) is 59.9 Å². The van der Waals surface area contributed by atoms with Gasteiger partial charge in [-0.05, 0) is 18.9 Å². The third kappa shape index (κ3) is 1.74. The van der Waals surface area contributed by atoms with Gasteiger partial charge in [0.2, 0.25) is 0 Å². The predicted molar refractivity (Wildman–Crippen MR) is 52.8 cm³/mol. The summed E-state index contributed by atoms with van der Waals surface area (Å²) in [6.45, 7) is 0. The first-order valence-electron chi connectivity index (χ1n) is 4.29. The van der Waals surface area contributed by atoms with Crippen molar-refractivity contribution in [2.75, 3.05) is 5.75 Å². The summed E-state index contributed by atoms with van der Waals surface area (Å²) in [7, 11) is -3.02. The van der Waals surface area contributed by atoms with Crippen molar-refractivity contribution in [1.29, 1.82) is 0 Å². The molecule has 4 nitrogen and oxygen atoms in total. The summed E-state index contributed by atoms with van der Waals surface area (Å²) in [5.74, 6) is 0.242. The van der Waals surface area contributed by atoms with Gasteiger partial charge in [0.1, 0.15) is 5.25 Å². The molecule has 1 aromatic heterocycles. The second kappa shape index (κ2) is 3.47. The van der Waals surface area contributed by atoms with Crippen LogP contribution in [0.5, 0.6) is 0 Å². The zero-order valence-corrected chi connectivity index (χ0v) is 8.92.